The Morgan fingerprint density at radius 1 is 1.10 bits per heavy atom. The molecule has 3 aromatic rings. The van der Waals surface area contributed by atoms with Gasteiger partial charge in [0.2, 0.25) is 0 Å². The highest BCUT2D eigenvalue weighted by atomic mass is 35.5. The number of fused-ring (bicyclic) bond motifs is 1. The number of hydrogen-bond acceptors (Lipinski definition) is 4. The molecule has 0 saturated heterocycles. The number of nitrogens with two attached hydrogens (primary N) is 2. The molecule has 1 aromatic carbocycles. The van der Waals surface area contributed by atoms with Gasteiger partial charge >= 0.3 is 0 Å². The van der Waals surface area contributed by atoms with E-state index in [-0.39, 0.29) is 0 Å². The Kier molecular flexibility index (Phi) is 4.10. The second-order valence-electron chi connectivity index (χ2n) is 3.96. The van der Waals surface area contributed by atoms with Crippen LogP contribution in [0.3, 0.4) is 0 Å². The zero-order valence-corrected chi connectivity index (χ0v) is 12.1. The Morgan fingerprint density at radius 2 is 1.85 bits per heavy atom. The van der Waals surface area contributed by atoms with Gasteiger partial charge in [-0.1, -0.05) is 25.4 Å². The van der Waals surface area contributed by atoms with Crippen molar-refractivity contribution in [3.05, 3.63) is 35.5 Å². The van der Waals surface area contributed by atoms with Gasteiger partial charge in [-0.15, -0.1) is 0 Å². The summed E-state index contributed by atoms with van der Waals surface area (Å²) in [6, 6.07) is 7.02. The molecule has 0 aliphatic carbocycles. The van der Waals surface area contributed by atoms with Crippen molar-refractivity contribution in [1.29, 1.82) is 0 Å². The molecule has 0 atom stereocenters. The molecule has 0 unspecified atom stereocenters. The molecule has 2 aromatic heterocycles. The van der Waals surface area contributed by atoms with Crippen molar-refractivity contribution in [3.8, 4) is 11.4 Å². The molecule has 3 rings (SSSR count). The molecule has 6 heteroatoms. The van der Waals surface area contributed by atoms with Crippen molar-refractivity contribution in [2.75, 3.05) is 11.5 Å². The summed E-state index contributed by atoms with van der Waals surface area (Å²) in [4.78, 5) is 11.6. The first-order valence-electron chi connectivity index (χ1n) is 6.30. The molecule has 0 spiro atoms. The number of pyridine rings is 1. The normalized spacial score (nSPS) is 10.2. The van der Waals surface area contributed by atoms with Crippen LogP contribution in [-0.4, -0.2) is 15.0 Å². The van der Waals surface area contributed by atoms with Gasteiger partial charge in [0.25, 0.3) is 0 Å². The number of anilines is 2. The van der Waals surface area contributed by atoms with Crippen molar-refractivity contribution >= 4 is 34.1 Å². The molecule has 0 bridgehead atoms. The second kappa shape index (κ2) is 5.79. The molecule has 0 radical (unpaired) electrons. The molecule has 20 heavy (non-hydrogen) atoms. The molecule has 2 heterocycles. The lowest BCUT2D eigenvalue weighted by Gasteiger charge is -2.01. The van der Waals surface area contributed by atoms with Gasteiger partial charge in [-0.25, -0.2) is 9.97 Å². The van der Waals surface area contributed by atoms with Crippen molar-refractivity contribution < 1.29 is 0 Å². The average molecular weight is 290 g/mol. The summed E-state index contributed by atoms with van der Waals surface area (Å²) in [6.45, 7) is 4.00. The van der Waals surface area contributed by atoms with Gasteiger partial charge in [-0.2, -0.15) is 0 Å². The van der Waals surface area contributed by atoms with Gasteiger partial charge in [0.15, 0.2) is 5.65 Å². The number of aromatic amines is 1. The minimum Gasteiger partial charge on any atom is -0.399 e. The predicted octanol–water partition coefficient (Wildman–Crippen LogP) is 3.47. The standard InChI is InChI=1S/C12H10ClN5.C2H6/c13-9-2-1-6(14)3-8(9)11-17-10-4-7(15)5-16-12(10)18-11;1-2/h1-5H,14-15H2,(H,16,17,18);1-2H3. The van der Waals surface area contributed by atoms with E-state index in [2.05, 4.69) is 15.0 Å². The Hall–Kier alpha value is -2.27. The Bertz CT molecular complexity index is 736. The van der Waals surface area contributed by atoms with E-state index in [1.165, 1.54) is 0 Å². The smallest absolute Gasteiger partial charge is 0.178 e. The van der Waals surface area contributed by atoms with E-state index >= 15 is 0 Å². The van der Waals surface area contributed by atoms with Crippen LogP contribution in [-0.2, 0) is 0 Å². The lowest BCUT2D eigenvalue weighted by Crippen LogP contribution is -1.87. The van der Waals surface area contributed by atoms with Crippen molar-refractivity contribution in [2.24, 2.45) is 0 Å². The lowest BCUT2D eigenvalue weighted by atomic mass is 10.2. The monoisotopic (exact) mass is 289 g/mol. The number of hydrogen-bond donors (Lipinski definition) is 3. The summed E-state index contributed by atoms with van der Waals surface area (Å²) in [5, 5.41) is 0.580. The Morgan fingerprint density at radius 3 is 2.60 bits per heavy atom. The van der Waals surface area contributed by atoms with Gasteiger partial charge in [0, 0.05) is 11.3 Å². The third-order valence-electron chi connectivity index (χ3n) is 2.60. The summed E-state index contributed by atoms with van der Waals surface area (Å²) in [5.74, 6) is 0.625. The summed E-state index contributed by atoms with van der Waals surface area (Å²) in [6.07, 6.45) is 1.56. The van der Waals surface area contributed by atoms with Gasteiger partial charge in [-0.3, -0.25) is 0 Å². The van der Waals surface area contributed by atoms with E-state index < -0.39 is 0 Å². The topological polar surface area (TPSA) is 93.6 Å². The number of benzene rings is 1. The number of rotatable bonds is 1. The highest BCUT2D eigenvalue weighted by Crippen LogP contribution is 2.29. The maximum Gasteiger partial charge on any atom is 0.178 e. The third-order valence-corrected chi connectivity index (χ3v) is 2.93. The first-order chi connectivity index (χ1) is 9.63. The number of halogens is 1. The molecule has 5 N–H and O–H groups in total. The van der Waals surface area contributed by atoms with Crippen molar-refractivity contribution in [2.45, 2.75) is 13.8 Å². The summed E-state index contributed by atoms with van der Waals surface area (Å²) in [5.41, 5.74) is 14.7. The van der Waals surface area contributed by atoms with E-state index in [1.54, 1.807) is 30.5 Å². The van der Waals surface area contributed by atoms with Crippen molar-refractivity contribution in [1.82, 2.24) is 15.0 Å². The SMILES string of the molecule is CC.Nc1ccc(Cl)c(-c2nc3ncc(N)cc3[nH]2)c1. The highest BCUT2D eigenvalue weighted by molar-refractivity contribution is 6.33. The lowest BCUT2D eigenvalue weighted by molar-refractivity contribution is 1.30. The van der Waals surface area contributed by atoms with Crippen LogP contribution in [0.15, 0.2) is 30.5 Å². The maximum absolute atomic E-state index is 6.13. The van der Waals surface area contributed by atoms with E-state index in [4.69, 9.17) is 23.1 Å². The van der Waals surface area contributed by atoms with Crippen LogP contribution in [0, 0.1) is 0 Å². The quantitative estimate of drug-likeness (QED) is 0.598. The van der Waals surface area contributed by atoms with Crippen molar-refractivity contribution in [3.63, 3.8) is 0 Å². The minimum atomic E-state index is 0.580. The molecule has 0 fully saturated rings. The number of nitrogens with one attached hydrogen (secondary N) is 1. The van der Waals surface area contributed by atoms with Crippen LogP contribution in [0.5, 0.6) is 0 Å². The first kappa shape index (κ1) is 14.1. The van der Waals surface area contributed by atoms with E-state index in [9.17, 15) is 0 Å². The fraction of sp³-hybridized carbons (Fsp3) is 0.143. The molecule has 0 saturated carbocycles. The van der Waals surface area contributed by atoms with E-state index in [1.807, 2.05) is 13.8 Å². The van der Waals surface area contributed by atoms with Gasteiger partial charge in [0.05, 0.1) is 22.4 Å². The third kappa shape index (κ3) is 2.67. The molecule has 5 nitrogen and oxygen atoms in total. The summed E-state index contributed by atoms with van der Waals surface area (Å²) < 4.78 is 0. The largest absolute Gasteiger partial charge is 0.399 e. The van der Waals surface area contributed by atoms with Crippen LogP contribution >= 0.6 is 11.6 Å². The Balaban J connectivity index is 0.000000704. The molecular formula is C14H16ClN5. The zero-order chi connectivity index (χ0) is 14.7. The summed E-state index contributed by atoms with van der Waals surface area (Å²) >= 11 is 6.13. The fourth-order valence-electron chi connectivity index (χ4n) is 1.77. The molecule has 0 aliphatic rings. The number of aromatic nitrogens is 3. The van der Waals surface area contributed by atoms with Gasteiger partial charge < -0.3 is 16.5 Å². The number of nitrogens with zero attached hydrogens (tertiary/aromatic N) is 2. The summed E-state index contributed by atoms with van der Waals surface area (Å²) in [7, 11) is 0. The number of imidazole rings is 1. The minimum absolute atomic E-state index is 0.580. The van der Waals surface area contributed by atoms with Crippen LogP contribution in [0.25, 0.3) is 22.6 Å². The predicted molar refractivity (Wildman–Crippen MR) is 84.5 cm³/mol. The van der Waals surface area contributed by atoms with Crippen LogP contribution in [0.4, 0.5) is 11.4 Å². The molecule has 0 amide bonds. The van der Waals surface area contributed by atoms with E-state index in [0.29, 0.717) is 27.9 Å². The van der Waals surface area contributed by atoms with Crippen LogP contribution in [0.1, 0.15) is 13.8 Å². The van der Waals surface area contributed by atoms with Crippen LogP contribution < -0.4 is 11.5 Å². The first-order valence-corrected chi connectivity index (χ1v) is 6.68. The maximum atomic E-state index is 6.13. The van der Waals surface area contributed by atoms with Gasteiger partial charge in [-0.05, 0) is 24.3 Å². The Labute approximate surface area is 122 Å². The molecular weight excluding hydrogens is 274 g/mol. The highest BCUT2D eigenvalue weighted by Gasteiger charge is 2.10. The number of nitrogen functional groups attached to an aromatic ring is 2. The van der Waals surface area contributed by atoms with E-state index in [0.717, 1.165) is 11.1 Å². The second-order valence-corrected chi connectivity index (χ2v) is 4.37. The number of H-pyrrole nitrogens is 1. The average Bonchev–Trinajstić information content (AvgIpc) is 2.86. The van der Waals surface area contributed by atoms with Crippen LogP contribution in [0.2, 0.25) is 5.02 Å². The molecule has 0 aliphatic heterocycles. The molecule has 104 valence electrons. The fourth-order valence-corrected chi connectivity index (χ4v) is 1.98. The zero-order valence-electron chi connectivity index (χ0n) is 11.3. The van der Waals surface area contributed by atoms with Gasteiger partial charge in [0.1, 0.15) is 5.82 Å².